The summed E-state index contributed by atoms with van der Waals surface area (Å²) < 4.78 is 10.6. The SMILES string of the molecule is CCCCOC(=O)CCCCCC(=O)Oc1cccc2ccccc12. The van der Waals surface area contributed by atoms with Gasteiger partial charge in [-0.1, -0.05) is 56.2 Å². The van der Waals surface area contributed by atoms with Crippen molar-refractivity contribution in [2.75, 3.05) is 6.61 Å². The Labute approximate surface area is 149 Å². The minimum atomic E-state index is -0.234. The maximum absolute atomic E-state index is 12.0. The van der Waals surface area contributed by atoms with Crippen LogP contribution in [0.15, 0.2) is 42.5 Å². The van der Waals surface area contributed by atoms with E-state index in [0.29, 0.717) is 31.6 Å². The monoisotopic (exact) mass is 342 g/mol. The number of esters is 2. The summed E-state index contributed by atoms with van der Waals surface area (Å²) in [6.07, 6.45) is 4.97. The van der Waals surface area contributed by atoms with E-state index >= 15 is 0 Å². The van der Waals surface area contributed by atoms with E-state index < -0.39 is 0 Å². The Hall–Kier alpha value is -2.36. The fourth-order valence-corrected chi connectivity index (χ4v) is 2.58. The van der Waals surface area contributed by atoms with Gasteiger partial charge >= 0.3 is 11.9 Å². The highest BCUT2D eigenvalue weighted by Gasteiger charge is 2.08. The lowest BCUT2D eigenvalue weighted by Crippen LogP contribution is -2.08. The smallest absolute Gasteiger partial charge is 0.311 e. The van der Waals surface area contributed by atoms with Crippen molar-refractivity contribution in [1.29, 1.82) is 0 Å². The largest absolute Gasteiger partial charge is 0.466 e. The minimum absolute atomic E-state index is 0.146. The third kappa shape index (κ3) is 6.57. The van der Waals surface area contributed by atoms with E-state index in [-0.39, 0.29) is 11.9 Å². The molecular weight excluding hydrogens is 316 g/mol. The molecule has 0 fully saturated rings. The number of benzene rings is 2. The van der Waals surface area contributed by atoms with Crippen LogP contribution in [0.1, 0.15) is 51.9 Å². The summed E-state index contributed by atoms with van der Waals surface area (Å²) in [5.41, 5.74) is 0. The number of hydrogen-bond donors (Lipinski definition) is 0. The molecule has 134 valence electrons. The first-order valence-electron chi connectivity index (χ1n) is 9.04. The predicted molar refractivity (Wildman–Crippen MR) is 98.5 cm³/mol. The topological polar surface area (TPSA) is 52.6 Å². The van der Waals surface area contributed by atoms with Crippen molar-refractivity contribution >= 4 is 22.7 Å². The van der Waals surface area contributed by atoms with Gasteiger partial charge in [-0.3, -0.25) is 9.59 Å². The molecular formula is C21H26O4. The van der Waals surface area contributed by atoms with Crippen LogP contribution in [0.5, 0.6) is 5.75 Å². The maximum atomic E-state index is 12.0. The molecule has 0 heterocycles. The van der Waals surface area contributed by atoms with E-state index in [2.05, 4.69) is 6.92 Å². The number of ether oxygens (including phenoxy) is 2. The normalized spacial score (nSPS) is 10.6. The molecule has 0 N–H and O–H groups in total. The Bertz CT molecular complexity index is 688. The second-order valence-corrected chi connectivity index (χ2v) is 6.09. The van der Waals surface area contributed by atoms with Crippen LogP contribution in [-0.2, 0) is 14.3 Å². The second-order valence-electron chi connectivity index (χ2n) is 6.09. The lowest BCUT2D eigenvalue weighted by Gasteiger charge is -2.07. The molecule has 0 aliphatic rings. The van der Waals surface area contributed by atoms with Gasteiger partial charge in [0.05, 0.1) is 6.61 Å². The number of hydrogen-bond acceptors (Lipinski definition) is 4. The van der Waals surface area contributed by atoms with E-state index in [1.165, 1.54) is 0 Å². The zero-order chi connectivity index (χ0) is 17.9. The van der Waals surface area contributed by atoms with E-state index in [4.69, 9.17) is 9.47 Å². The number of carbonyl (C=O) groups excluding carboxylic acids is 2. The number of carbonyl (C=O) groups is 2. The summed E-state index contributed by atoms with van der Waals surface area (Å²) in [5.74, 6) is 0.219. The van der Waals surface area contributed by atoms with Crippen molar-refractivity contribution in [3.05, 3.63) is 42.5 Å². The summed E-state index contributed by atoms with van der Waals surface area (Å²) in [5, 5.41) is 1.99. The molecule has 25 heavy (non-hydrogen) atoms. The Balaban J connectivity index is 1.66. The van der Waals surface area contributed by atoms with Crippen molar-refractivity contribution in [2.45, 2.75) is 51.9 Å². The van der Waals surface area contributed by atoms with Crippen LogP contribution < -0.4 is 4.74 Å². The predicted octanol–water partition coefficient (Wildman–Crippen LogP) is 5.04. The summed E-state index contributed by atoms with van der Waals surface area (Å²) in [4.78, 5) is 23.5. The summed E-state index contributed by atoms with van der Waals surface area (Å²) in [6.45, 7) is 2.57. The van der Waals surface area contributed by atoms with Gasteiger partial charge in [-0.05, 0) is 30.7 Å². The average molecular weight is 342 g/mol. The van der Waals surface area contributed by atoms with E-state index in [1.807, 2.05) is 42.5 Å². The van der Waals surface area contributed by atoms with Crippen LogP contribution in [0.2, 0.25) is 0 Å². The number of fused-ring (bicyclic) bond motifs is 1. The molecule has 0 spiro atoms. The van der Waals surface area contributed by atoms with E-state index in [9.17, 15) is 9.59 Å². The quantitative estimate of drug-likeness (QED) is 0.345. The highest BCUT2D eigenvalue weighted by Crippen LogP contribution is 2.25. The van der Waals surface area contributed by atoms with Gasteiger partial charge < -0.3 is 9.47 Å². The van der Waals surface area contributed by atoms with Crippen molar-refractivity contribution in [3.8, 4) is 5.75 Å². The number of rotatable bonds is 10. The summed E-state index contributed by atoms with van der Waals surface area (Å²) in [7, 11) is 0. The zero-order valence-electron chi connectivity index (χ0n) is 14.8. The Morgan fingerprint density at radius 1 is 0.840 bits per heavy atom. The van der Waals surface area contributed by atoms with E-state index in [1.54, 1.807) is 0 Å². The molecule has 0 radical (unpaired) electrons. The van der Waals surface area contributed by atoms with Gasteiger partial charge in [-0.25, -0.2) is 0 Å². The Morgan fingerprint density at radius 3 is 2.36 bits per heavy atom. The van der Waals surface area contributed by atoms with Crippen LogP contribution in [0.3, 0.4) is 0 Å². The molecule has 0 amide bonds. The molecule has 4 heteroatoms. The third-order valence-electron chi connectivity index (χ3n) is 4.00. The van der Waals surface area contributed by atoms with Crippen molar-refractivity contribution < 1.29 is 19.1 Å². The van der Waals surface area contributed by atoms with Crippen LogP contribution >= 0.6 is 0 Å². The maximum Gasteiger partial charge on any atom is 0.311 e. The van der Waals surface area contributed by atoms with Gasteiger partial charge in [0.1, 0.15) is 5.75 Å². The van der Waals surface area contributed by atoms with Gasteiger partial charge in [0.2, 0.25) is 0 Å². The first-order valence-corrected chi connectivity index (χ1v) is 9.04. The molecule has 0 unspecified atom stereocenters. The molecule has 0 saturated carbocycles. The molecule has 0 saturated heterocycles. The Kier molecular flexibility index (Phi) is 7.96. The van der Waals surface area contributed by atoms with Gasteiger partial charge in [-0.2, -0.15) is 0 Å². The molecule has 2 aromatic rings. The molecule has 0 aromatic heterocycles. The van der Waals surface area contributed by atoms with Gasteiger partial charge in [0, 0.05) is 18.2 Å². The van der Waals surface area contributed by atoms with Crippen molar-refractivity contribution in [3.63, 3.8) is 0 Å². The molecule has 0 atom stereocenters. The number of unbranched alkanes of at least 4 members (excludes halogenated alkanes) is 3. The average Bonchev–Trinajstić information content (AvgIpc) is 2.62. The molecule has 4 nitrogen and oxygen atoms in total. The standard InChI is InChI=1S/C21H26O4/c1-2-3-16-24-20(22)14-5-4-6-15-21(23)25-19-13-9-11-17-10-7-8-12-18(17)19/h7-13H,2-6,14-16H2,1H3. The van der Waals surface area contributed by atoms with Gasteiger partial charge in [0.15, 0.2) is 0 Å². The van der Waals surface area contributed by atoms with Gasteiger partial charge in [0.25, 0.3) is 0 Å². The lowest BCUT2D eigenvalue weighted by molar-refractivity contribution is -0.143. The van der Waals surface area contributed by atoms with Crippen LogP contribution in [-0.4, -0.2) is 18.5 Å². The highest BCUT2D eigenvalue weighted by molar-refractivity contribution is 5.90. The molecule has 0 aliphatic carbocycles. The minimum Gasteiger partial charge on any atom is -0.466 e. The van der Waals surface area contributed by atoms with Crippen molar-refractivity contribution in [1.82, 2.24) is 0 Å². The fourth-order valence-electron chi connectivity index (χ4n) is 2.58. The van der Waals surface area contributed by atoms with E-state index in [0.717, 1.165) is 36.5 Å². The zero-order valence-corrected chi connectivity index (χ0v) is 14.8. The second kappa shape index (κ2) is 10.5. The first-order chi connectivity index (χ1) is 12.2. The highest BCUT2D eigenvalue weighted by atomic mass is 16.5. The summed E-state index contributed by atoms with van der Waals surface area (Å²) >= 11 is 0. The first kappa shape index (κ1) is 19.0. The molecule has 2 rings (SSSR count). The fraction of sp³-hybridized carbons (Fsp3) is 0.429. The summed E-state index contributed by atoms with van der Waals surface area (Å²) in [6, 6.07) is 13.5. The van der Waals surface area contributed by atoms with Crippen molar-refractivity contribution in [2.24, 2.45) is 0 Å². The lowest BCUT2D eigenvalue weighted by atomic mass is 10.1. The molecule has 2 aromatic carbocycles. The van der Waals surface area contributed by atoms with Gasteiger partial charge in [-0.15, -0.1) is 0 Å². The Morgan fingerprint density at radius 2 is 1.56 bits per heavy atom. The van der Waals surface area contributed by atoms with Crippen LogP contribution in [0.4, 0.5) is 0 Å². The molecule has 0 aliphatic heterocycles. The van der Waals surface area contributed by atoms with Crippen LogP contribution in [0.25, 0.3) is 10.8 Å². The van der Waals surface area contributed by atoms with Crippen LogP contribution in [0, 0.1) is 0 Å². The third-order valence-corrected chi connectivity index (χ3v) is 4.00. The molecule has 0 bridgehead atoms.